The van der Waals surface area contributed by atoms with Crippen molar-refractivity contribution in [2.45, 2.75) is 26.4 Å². The molecule has 1 aliphatic heterocycles. The summed E-state index contributed by atoms with van der Waals surface area (Å²) >= 11 is 9.10. The summed E-state index contributed by atoms with van der Waals surface area (Å²) in [7, 11) is 0. The molecule has 0 aliphatic carbocycles. The van der Waals surface area contributed by atoms with E-state index in [0.29, 0.717) is 6.61 Å². The number of rotatable bonds is 4. The molecule has 0 bridgehead atoms. The second-order valence-corrected chi connectivity index (χ2v) is 7.72. The fraction of sp³-hybridized carbons (Fsp3) is 0.350. The average Bonchev–Trinajstić information content (AvgIpc) is 2.62. The van der Waals surface area contributed by atoms with Crippen molar-refractivity contribution in [1.29, 1.82) is 0 Å². The van der Waals surface area contributed by atoms with Crippen LogP contribution in [0, 0.1) is 5.92 Å². The van der Waals surface area contributed by atoms with E-state index in [0.717, 1.165) is 45.3 Å². The Balaban J connectivity index is 1.56. The predicted octanol–water partition coefficient (Wildman–Crippen LogP) is 5.44. The van der Waals surface area contributed by atoms with Crippen LogP contribution in [-0.4, -0.2) is 23.0 Å². The number of piperidine rings is 1. The lowest BCUT2D eigenvalue weighted by atomic mass is 9.99. The molecule has 0 amide bonds. The second-order valence-electron chi connectivity index (χ2n) is 6.41. The van der Waals surface area contributed by atoms with Gasteiger partial charge in [-0.2, -0.15) is 0 Å². The Morgan fingerprint density at radius 3 is 2.33 bits per heavy atom. The monoisotopic (exact) mass is 403 g/mol. The Labute approximate surface area is 158 Å². The van der Waals surface area contributed by atoms with Crippen LogP contribution >= 0.6 is 28.1 Å². The summed E-state index contributed by atoms with van der Waals surface area (Å²) in [5.74, 6) is 1.69. The Hall–Kier alpha value is -1.39. The number of thiocarbonyl (C=S) groups is 1. The summed E-state index contributed by atoms with van der Waals surface area (Å²) in [6, 6.07) is 16.3. The molecule has 0 aromatic heterocycles. The highest BCUT2D eigenvalue weighted by Crippen LogP contribution is 2.21. The van der Waals surface area contributed by atoms with Crippen molar-refractivity contribution in [3.05, 3.63) is 64.1 Å². The van der Waals surface area contributed by atoms with Crippen LogP contribution < -0.4 is 4.74 Å². The molecule has 2 aromatic carbocycles. The standard InChI is InChI=1S/C20H22BrNOS/c1-15-10-12-22(13-11-15)20(24)17-4-8-19(9-5-17)23-14-16-2-6-18(21)7-3-16/h2-9,15H,10-14H2,1H3. The van der Waals surface area contributed by atoms with Gasteiger partial charge in [0, 0.05) is 23.1 Å². The molecule has 0 saturated carbocycles. The number of likely N-dealkylation sites (tertiary alicyclic amines) is 1. The molecule has 24 heavy (non-hydrogen) atoms. The lowest BCUT2D eigenvalue weighted by Gasteiger charge is -2.32. The van der Waals surface area contributed by atoms with Crippen molar-refractivity contribution in [2.24, 2.45) is 5.92 Å². The summed E-state index contributed by atoms with van der Waals surface area (Å²) < 4.78 is 6.93. The lowest BCUT2D eigenvalue weighted by molar-refractivity contribution is 0.284. The van der Waals surface area contributed by atoms with Gasteiger partial charge in [-0.05, 0) is 60.7 Å². The number of benzene rings is 2. The second kappa shape index (κ2) is 8.13. The molecule has 0 atom stereocenters. The Morgan fingerprint density at radius 1 is 1.08 bits per heavy atom. The zero-order chi connectivity index (χ0) is 16.9. The molecule has 1 saturated heterocycles. The van der Waals surface area contributed by atoms with Crippen LogP contribution in [0.5, 0.6) is 5.75 Å². The van der Waals surface area contributed by atoms with Crippen LogP contribution in [0.4, 0.5) is 0 Å². The molecular weight excluding hydrogens is 382 g/mol. The summed E-state index contributed by atoms with van der Waals surface area (Å²) in [5.41, 5.74) is 2.26. The maximum Gasteiger partial charge on any atom is 0.119 e. The van der Waals surface area contributed by atoms with Gasteiger partial charge in [-0.3, -0.25) is 0 Å². The van der Waals surface area contributed by atoms with E-state index in [2.05, 4.69) is 52.0 Å². The van der Waals surface area contributed by atoms with Crippen molar-refractivity contribution in [1.82, 2.24) is 4.90 Å². The van der Waals surface area contributed by atoms with Gasteiger partial charge in [-0.25, -0.2) is 0 Å². The summed E-state index contributed by atoms with van der Waals surface area (Å²) in [5, 5.41) is 0. The highest BCUT2D eigenvalue weighted by molar-refractivity contribution is 9.10. The predicted molar refractivity (Wildman–Crippen MR) is 107 cm³/mol. The molecule has 1 aliphatic rings. The van der Waals surface area contributed by atoms with Crippen LogP contribution in [0.1, 0.15) is 30.9 Å². The molecule has 1 fully saturated rings. The molecule has 3 rings (SSSR count). The van der Waals surface area contributed by atoms with Gasteiger partial charge in [0.15, 0.2) is 0 Å². The molecule has 0 unspecified atom stereocenters. The number of nitrogens with zero attached hydrogens (tertiary/aromatic N) is 1. The van der Waals surface area contributed by atoms with Gasteiger partial charge in [0.05, 0.1) is 0 Å². The van der Waals surface area contributed by atoms with E-state index in [9.17, 15) is 0 Å². The van der Waals surface area contributed by atoms with Crippen LogP contribution in [0.25, 0.3) is 0 Å². The summed E-state index contributed by atoms with van der Waals surface area (Å²) in [4.78, 5) is 3.29. The summed E-state index contributed by atoms with van der Waals surface area (Å²) in [6.07, 6.45) is 2.46. The molecule has 1 heterocycles. The third-order valence-corrected chi connectivity index (χ3v) is 5.51. The third-order valence-electron chi connectivity index (χ3n) is 4.49. The molecule has 2 nitrogen and oxygen atoms in total. The molecule has 0 N–H and O–H groups in total. The van der Waals surface area contributed by atoms with Gasteiger partial charge >= 0.3 is 0 Å². The van der Waals surface area contributed by atoms with Crippen molar-refractivity contribution < 1.29 is 4.74 Å². The fourth-order valence-electron chi connectivity index (χ4n) is 2.84. The molecule has 0 radical (unpaired) electrons. The van der Waals surface area contributed by atoms with E-state index in [4.69, 9.17) is 17.0 Å². The first kappa shape index (κ1) is 17.4. The highest BCUT2D eigenvalue weighted by Gasteiger charge is 2.18. The van der Waals surface area contributed by atoms with Gasteiger partial charge in [0.1, 0.15) is 17.3 Å². The Bertz CT molecular complexity index is 676. The minimum atomic E-state index is 0.571. The minimum absolute atomic E-state index is 0.571. The molecule has 2 aromatic rings. The third kappa shape index (κ3) is 4.58. The Kier molecular flexibility index (Phi) is 5.90. The van der Waals surface area contributed by atoms with Gasteiger partial charge in [0.25, 0.3) is 0 Å². The van der Waals surface area contributed by atoms with Crippen LogP contribution in [0.3, 0.4) is 0 Å². The van der Waals surface area contributed by atoms with Crippen molar-refractivity contribution >= 4 is 33.1 Å². The van der Waals surface area contributed by atoms with Gasteiger partial charge in [-0.15, -0.1) is 0 Å². The quantitative estimate of drug-likeness (QED) is 0.630. The molecule has 0 spiro atoms. The minimum Gasteiger partial charge on any atom is -0.489 e. The van der Waals surface area contributed by atoms with Gasteiger partial charge in [0.2, 0.25) is 0 Å². The average molecular weight is 404 g/mol. The SMILES string of the molecule is CC1CCN(C(=S)c2ccc(OCc3ccc(Br)cc3)cc2)CC1. The highest BCUT2D eigenvalue weighted by atomic mass is 79.9. The fourth-order valence-corrected chi connectivity index (χ4v) is 3.42. The van der Waals surface area contributed by atoms with Crippen molar-refractivity contribution in [3.63, 3.8) is 0 Å². The number of hydrogen-bond donors (Lipinski definition) is 0. The van der Waals surface area contributed by atoms with Crippen molar-refractivity contribution in [2.75, 3.05) is 13.1 Å². The van der Waals surface area contributed by atoms with Gasteiger partial charge in [-0.1, -0.05) is 47.2 Å². The van der Waals surface area contributed by atoms with E-state index in [1.165, 1.54) is 12.8 Å². The first-order valence-corrected chi connectivity index (χ1v) is 9.58. The van der Waals surface area contributed by atoms with E-state index < -0.39 is 0 Å². The van der Waals surface area contributed by atoms with Crippen LogP contribution in [0.2, 0.25) is 0 Å². The van der Waals surface area contributed by atoms with E-state index in [1.807, 2.05) is 24.3 Å². The van der Waals surface area contributed by atoms with E-state index >= 15 is 0 Å². The largest absolute Gasteiger partial charge is 0.489 e. The number of hydrogen-bond acceptors (Lipinski definition) is 2. The first-order valence-electron chi connectivity index (χ1n) is 8.38. The number of ether oxygens (including phenoxy) is 1. The topological polar surface area (TPSA) is 12.5 Å². The van der Waals surface area contributed by atoms with Gasteiger partial charge < -0.3 is 9.64 Å². The van der Waals surface area contributed by atoms with Crippen LogP contribution in [-0.2, 0) is 6.61 Å². The molecular formula is C20H22BrNOS. The van der Waals surface area contributed by atoms with Crippen LogP contribution in [0.15, 0.2) is 53.0 Å². The first-order chi connectivity index (χ1) is 11.6. The zero-order valence-electron chi connectivity index (χ0n) is 13.9. The number of halogens is 1. The van der Waals surface area contributed by atoms with E-state index in [-0.39, 0.29) is 0 Å². The molecule has 126 valence electrons. The maximum atomic E-state index is 5.85. The Morgan fingerprint density at radius 2 is 1.71 bits per heavy atom. The molecule has 4 heteroatoms. The normalized spacial score (nSPS) is 15.3. The zero-order valence-corrected chi connectivity index (χ0v) is 16.3. The van der Waals surface area contributed by atoms with Crippen molar-refractivity contribution in [3.8, 4) is 5.75 Å². The maximum absolute atomic E-state index is 5.85. The smallest absolute Gasteiger partial charge is 0.119 e. The summed E-state index contributed by atoms with van der Waals surface area (Å²) in [6.45, 7) is 5.03. The lowest BCUT2D eigenvalue weighted by Crippen LogP contribution is -2.37. The van der Waals surface area contributed by atoms with E-state index in [1.54, 1.807) is 0 Å².